The molecule has 0 bridgehead atoms. The van der Waals surface area contributed by atoms with Crippen molar-refractivity contribution in [2.24, 2.45) is 10.9 Å². The Morgan fingerprint density at radius 2 is 2.25 bits per heavy atom. The second kappa shape index (κ2) is 4.22. The highest BCUT2D eigenvalue weighted by Crippen LogP contribution is 2.08. The minimum Gasteiger partial charge on any atom is -0.409 e. The first-order valence-electron chi connectivity index (χ1n) is 5.16. The summed E-state index contributed by atoms with van der Waals surface area (Å²) in [6.45, 7) is 2.71. The van der Waals surface area contributed by atoms with E-state index in [-0.39, 0.29) is 5.84 Å². The highest BCUT2D eigenvalue weighted by molar-refractivity contribution is 5.79. The van der Waals surface area contributed by atoms with Crippen LogP contribution in [-0.4, -0.2) is 16.0 Å². The summed E-state index contributed by atoms with van der Waals surface area (Å²) >= 11 is 0. The fourth-order valence-electron chi connectivity index (χ4n) is 1.82. The molecule has 0 aliphatic rings. The number of para-hydroxylation sites is 2. The first-order valence-corrected chi connectivity index (χ1v) is 5.16. The SMILES string of the molecule is Cc1[nH]c2ccccc2[n+]1CCC(N)=NO. The van der Waals surface area contributed by atoms with Gasteiger partial charge in [0, 0.05) is 13.3 Å². The van der Waals surface area contributed by atoms with Crippen LogP contribution in [0.2, 0.25) is 0 Å². The van der Waals surface area contributed by atoms with Gasteiger partial charge in [-0.15, -0.1) is 0 Å². The maximum atomic E-state index is 8.49. The van der Waals surface area contributed by atoms with Crippen molar-refractivity contribution in [2.75, 3.05) is 0 Å². The molecule has 1 aromatic carbocycles. The average Bonchev–Trinajstić information content (AvgIpc) is 2.62. The van der Waals surface area contributed by atoms with Crippen molar-refractivity contribution in [3.8, 4) is 0 Å². The zero-order valence-corrected chi connectivity index (χ0v) is 9.14. The number of oxime groups is 1. The summed E-state index contributed by atoms with van der Waals surface area (Å²) in [5.41, 5.74) is 7.69. The lowest BCUT2D eigenvalue weighted by atomic mass is 10.3. The largest absolute Gasteiger partial charge is 0.409 e. The van der Waals surface area contributed by atoms with Gasteiger partial charge in [0.2, 0.25) is 0 Å². The lowest BCUT2D eigenvalue weighted by molar-refractivity contribution is -0.675. The fourth-order valence-corrected chi connectivity index (χ4v) is 1.82. The van der Waals surface area contributed by atoms with Crippen LogP contribution in [0.5, 0.6) is 0 Å². The molecule has 0 aliphatic carbocycles. The molecule has 5 heteroatoms. The van der Waals surface area contributed by atoms with E-state index in [9.17, 15) is 0 Å². The smallest absolute Gasteiger partial charge is 0.251 e. The highest BCUT2D eigenvalue weighted by atomic mass is 16.4. The molecule has 5 nitrogen and oxygen atoms in total. The molecular weight excluding hydrogens is 204 g/mol. The molecule has 0 aliphatic heterocycles. The van der Waals surface area contributed by atoms with Crippen LogP contribution in [0.1, 0.15) is 12.2 Å². The number of H-pyrrole nitrogens is 1. The van der Waals surface area contributed by atoms with E-state index in [1.54, 1.807) is 0 Å². The molecule has 0 fully saturated rings. The Kier molecular flexibility index (Phi) is 2.76. The Morgan fingerprint density at radius 1 is 1.50 bits per heavy atom. The summed E-state index contributed by atoms with van der Waals surface area (Å²) in [6.07, 6.45) is 0.532. The monoisotopic (exact) mass is 219 g/mol. The molecular formula is C11H15N4O+. The number of amidine groups is 1. The Hall–Kier alpha value is -2.04. The zero-order valence-electron chi connectivity index (χ0n) is 9.14. The van der Waals surface area contributed by atoms with E-state index in [0.29, 0.717) is 13.0 Å². The number of imidazole rings is 1. The fraction of sp³-hybridized carbons (Fsp3) is 0.273. The van der Waals surface area contributed by atoms with E-state index < -0.39 is 0 Å². The number of benzene rings is 1. The number of nitrogens with two attached hydrogens (primary N) is 1. The van der Waals surface area contributed by atoms with E-state index in [0.717, 1.165) is 16.9 Å². The third-order valence-corrected chi connectivity index (χ3v) is 2.64. The average molecular weight is 219 g/mol. The van der Waals surface area contributed by atoms with Gasteiger partial charge in [-0.3, -0.25) is 0 Å². The van der Waals surface area contributed by atoms with Crippen molar-refractivity contribution < 1.29 is 9.77 Å². The maximum Gasteiger partial charge on any atom is 0.251 e. The van der Waals surface area contributed by atoms with Crippen LogP contribution in [0.15, 0.2) is 29.4 Å². The molecule has 4 N–H and O–H groups in total. The minimum absolute atomic E-state index is 0.247. The molecule has 2 rings (SSSR count). The molecule has 16 heavy (non-hydrogen) atoms. The number of aromatic nitrogens is 2. The van der Waals surface area contributed by atoms with Crippen LogP contribution in [0.4, 0.5) is 0 Å². The molecule has 84 valence electrons. The molecule has 0 spiro atoms. The van der Waals surface area contributed by atoms with Crippen molar-refractivity contribution in [2.45, 2.75) is 19.9 Å². The van der Waals surface area contributed by atoms with Gasteiger partial charge in [0.1, 0.15) is 5.84 Å². The number of rotatable bonds is 3. The molecule has 0 saturated carbocycles. The number of hydrogen-bond acceptors (Lipinski definition) is 2. The lowest BCUT2D eigenvalue weighted by Gasteiger charge is -1.98. The van der Waals surface area contributed by atoms with E-state index in [4.69, 9.17) is 10.9 Å². The Labute approximate surface area is 93.2 Å². The van der Waals surface area contributed by atoms with Crippen molar-refractivity contribution in [1.82, 2.24) is 4.98 Å². The van der Waals surface area contributed by atoms with E-state index in [1.807, 2.05) is 31.2 Å². The maximum absolute atomic E-state index is 8.49. The predicted octanol–water partition coefficient (Wildman–Crippen LogP) is 0.900. The molecule has 0 saturated heterocycles. The first-order chi connectivity index (χ1) is 7.72. The van der Waals surface area contributed by atoms with Crippen molar-refractivity contribution >= 4 is 16.9 Å². The van der Waals surface area contributed by atoms with Gasteiger partial charge in [0.15, 0.2) is 11.0 Å². The normalized spacial score (nSPS) is 12.2. The summed E-state index contributed by atoms with van der Waals surface area (Å²) in [7, 11) is 0. The number of nitrogens with one attached hydrogen (secondary N) is 1. The predicted molar refractivity (Wildman–Crippen MR) is 61.3 cm³/mol. The van der Waals surface area contributed by atoms with Gasteiger partial charge < -0.3 is 10.9 Å². The van der Waals surface area contributed by atoms with Gasteiger partial charge in [-0.2, -0.15) is 0 Å². The van der Waals surface area contributed by atoms with E-state index in [1.165, 1.54) is 0 Å². The van der Waals surface area contributed by atoms with Gasteiger partial charge in [0.05, 0.1) is 6.54 Å². The molecule has 2 aromatic rings. The number of aryl methyl sites for hydroxylation is 2. The van der Waals surface area contributed by atoms with Gasteiger partial charge in [0.25, 0.3) is 5.82 Å². The number of aromatic amines is 1. The van der Waals surface area contributed by atoms with Crippen LogP contribution in [-0.2, 0) is 6.54 Å². The molecule has 1 heterocycles. The topological polar surface area (TPSA) is 78.3 Å². The second-order valence-corrected chi connectivity index (χ2v) is 3.72. The molecule has 0 atom stereocenters. The summed E-state index contributed by atoms with van der Waals surface area (Å²) in [4.78, 5) is 3.29. The summed E-state index contributed by atoms with van der Waals surface area (Å²) in [5, 5.41) is 11.5. The zero-order chi connectivity index (χ0) is 11.5. The molecule has 0 amide bonds. The first kappa shape index (κ1) is 10.5. The number of fused-ring (bicyclic) bond motifs is 1. The molecule has 1 aromatic heterocycles. The second-order valence-electron chi connectivity index (χ2n) is 3.72. The van der Waals surface area contributed by atoms with Crippen molar-refractivity contribution in [3.05, 3.63) is 30.1 Å². The summed E-state index contributed by atoms with van der Waals surface area (Å²) < 4.78 is 2.12. The van der Waals surface area contributed by atoms with Crippen molar-refractivity contribution in [3.63, 3.8) is 0 Å². The number of nitrogens with zero attached hydrogens (tertiary/aromatic N) is 2. The van der Waals surface area contributed by atoms with Gasteiger partial charge in [-0.05, 0) is 12.1 Å². The lowest BCUT2D eigenvalue weighted by Crippen LogP contribution is -2.37. The Bertz CT molecular complexity index is 530. The standard InChI is InChI=1S/C11H14N4O/c1-8-13-9-4-2-3-5-10(9)15(8)7-6-11(12)14-16/h2-5H,6-7H2,1H3,(H3,12,14,16)/p+1. The quantitative estimate of drug-likeness (QED) is 0.236. The Balaban J connectivity index is 2.33. The van der Waals surface area contributed by atoms with Crippen molar-refractivity contribution in [1.29, 1.82) is 0 Å². The van der Waals surface area contributed by atoms with E-state index in [2.05, 4.69) is 14.7 Å². The summed E-state index contributed by atoms with van der Waals surface area (Å²) in [6, 6.07) is 8.06. The van der Waals surface area contributed by atoms with Crippen LogP contribution < -0.4 is 10.3 Å². The third-order valence-electron chi connectivity index (χ3n) is 2.64. The molecule has 0 radical (unpaired) electrons. The van der Waals surface area contributed by atoms with Gasteiger partial charge >= 0.3 is 0 Å². The number of hydrogen-bond donors (Lipinski definition) is 3. The molecule has 0 unspecified atom stereocenters. The minimum atomic E-state index is 0.247. The van der Waals surface area contributed by atoms with Crippen LogP contribution in [0, 0.1) is 6.92 Å². The van der Waals surface area contributed by atoms with Gasteiger partial charge in [-0.25, -0.2) is 9.55 Å². The van der Waals surface area contributed by atoms with E-state index >= 15 is 0 Å². The summed E-state index contributed by atoms with van der Waals surface area (Å²) in [5.74, 6) is 1.31. The van der Waals surface area contributed by atoms with Gasteiger partial charge in [-0.1, -0.05) is 17.3 Å². The highest BCUT2D eigenvalue weighted by Gasteiger charge is 2.13. The van der Waals surface area contributed by atoms with Crippen LogP contribution >= 0.6 is 0 Å². The Morgan fingerprint density at radius 3 is 3.00 bits per heavy atom. The van der Waals surface area contributed by atoms with Crippen LogP contribution in [0.3, 0.4) is 0 Å². The third kappa shape index (κ3) is 1.84. The van der Waals surface area contributed by atoms with Crippen LogP contribution in [0.25, 0.3) is 11.0 Å².